The molecule has 0 aromatic rings. The van der Waals surface area contributed by atoms with Gasteiger partial charge in [0.2, 0.25) is 0 Å². The Hall–Kier alpha value is -0.0400. The molecule has 0 bridgehead atoms. The molecule has 1 unspecified atom stereocenters. The summed E-state index contributed by atoms with van der Waals surface area (Å²) in [6, 6.07) is 0. The molecule has 1 nitrogen and oxygen atoms in total. The third kappa shape index (κ3) is 0.455. The van der Waals surface area contributed by atoms with Crippen molar-refractivity contribution in [3.8, 4) is 0 Å². The Labute approximate surface area is 50.0 Å². The van der Waals surface area contributed by atoms with Gasteiger partial charge in [-0.15, -0.1) is 0 Å². The molecule has 1 saturated carbocycles. The summed E-state index contributed by atoms with van der Waals surface area (Å²) in [6.07, 6.45) is 3.95. The van der Waals surface area contributed by atoms with E-state index in [2.05, 4.69) is 6.92 Å². The van der Waals surface area contributed by atoms with E-state index in [1.807, 2.05) is 0 Å². The van der Waals surface area contributed by atoms with E-state index in [9.17, 15) is 0 Å². The van der Waals surface area contributed by atoms with Crippen LogP contribution >= 0.6 is 0 Å². The second kappa shape index (κ2) is 1.27. The van der Waals surface area contributed by atoms with Crippen molar-refractivity contribution >= 4 is 0 Å². The summed E-state index contributed by atoms with van der Waals surface area (Å²) < 4.78 is 5.56. The lowest BCUT2D eigenvalue weighted by molar-refractivity contribution is 0.0722. The lowest BCUT2D eigenvalue weighted by atomic mass is 10.0. The van der Waals surface area contributed by atoms with Crippen molar-refractivity contribution < 1.29 is 4.74 Å². The Bertz CT molecular complexity index is 105. The topological polar surface area (TPSA) is 9.23 Å². The molecule has 46 valence electrons. The second-order valence-electron chi connectivity index (χ2n) is 3.10. The van der Waals surface area contributed by atoms with Gasteiger partial charge in [0, 0.05) is 6.61 Å². The van der Waals surface area contributed by atoms with E-state index in [0.29, 0.717) is 5.60 Å². The molecule has 1 saturated heterocycles. The zero-order valence-corrected chi connectivity index (χ0v) is 5.31. The molecule has 1 spiro atoms. The highest BCUT2D eigenvalue weighted by atomic mass is 16.5. The van der Waals surface area contributed by atoms with E-state index in [-0.39, 0.29) is 0 Å². The third-order valence-electron chi connectivity index (χ3n) is 2.58. The molecular formula is C7H12O. The molecule has 1 heterocycles. The average molecular weight is 112 g/mol. The maximum atomic E-state index is 5.56. The standard InChI is InChI=1S/C7H12O/c1-6-2-5-8-7(6)3-4-7/h6H,2-5H2,1H3. The van der Waals surface area contributed by atoms with Crippen LogP contribution in [0.3, 0.4) is 0 Å². The van der Waals surface area contributed by atoms with Crippen LogP contribution in [0.15, 0.2) is 0 Å². The third-order valence-corrected chi connectivity index (χ3v) is 2.58. The van der Waals surface area contributed by atoms with Gasteiger partial charge < -0.3 is 4.74 Å². The van der Waals surface area contributed by atoms with Crippen molar-refractivity contribution in [1.82, 2.24) is 0 Å². The summed E-state index contributed by atoms with van der Waals surface area (Å²) in [5.41, 5.74) is 0.403. The summed E-state index contributed by atoms with van der Waals surface area (Å²) in [5.74, 6) is 0.850. The molecule has 0 amide bonds. The highest BCUT2D eigenvalue weighted by Crippen LogP contribution is 2.50. The number of ether oxygens (including phenoxy) is 1. The van der Waals surface area contributed by atoms with Crippen molar-refractivity contribution in [3.05, 3.63) is 0 Å². The van der Waals surface area contributed by atoms with Crippen LogP contribution in [0.4, 0.5) is 0 Å². The van der Waals surface area contributed by atoms with Gasteiger partial charge in [0.1, 0.15) is 0 Å². The van der Waals surface area contributed by atoms with E-state index in [1.165, 1.54) is 19.3 Å². The Morgan fingerprint density at radius 3 is 2.50 bits per heavy atom. The molecule has 1 heteroatoms. The van der Waals surface area contributed by atoms with Crippen molar-refractivity contribution in [2.24, 2.45) is 5.92 Å². The van der Waals surface area contributed by atoms with Crippen molar-refractivity contribution in [2.45, 2.75) is 31.8 Å². The van der Waals surface area contributed by atoms with Crippen LogP contribution in [0.25, 0.3) is 0 Å². The van der Waals surface area contributed by atoms with E-state index in [4.69, 9.17) is 4.74 Å². The van der Waals surface area contributed by atoms with Crippen LogP contribution < -0.4 is 0 Å². The normalized spacial score (nSPS) is 40.9. The van der Waals surface area contributed by atoms with Crippen molar-refractivity contribution in [1.29, 1.82) is 0 Å². The highest BCUT2D eigenvalue weighted by molar-refractivity contribution is 5.02. The fraction of sp³-hybridized carbons (Fsp3) is 1.00. The Kier molecular flexibility index (Phi) is 0.762. The maximum absolute atomic E-state index is 5.56. The quantitative estimate of drug-likeness (QED) is 0.462. The predicted molar refractivity (Wildman–Crippen MR) is 31.7 cm³/mol. The van der Waals surface area contributed by atoms with Crippen LogP contribution in [-0.4, -0.2) is 12.2 Å². The Morgan fingerprint density at radius 2 is 2.25 bits per heavy atom. The van der Waals surface area contributed by atoms with Gasteiger partial charge in [-0.1, -0.05) is 6.92 Å². The molecule has 0 N–H and O–H groups in total. The minimum Gasteiger partial charge on any atom is -0.375 e. The van der Waals surface area contributed by atoms with Gasteiger partial charge in [0.05, 0.1) is 5.60 Å². The SMILES string of the molecule is CC1CCOC12CC2. The Balaban J connectivity index is 2.12. The molecule has 0 aromatic carbocycles. The molecule has 8 heavy (non-hydrogen) atoms. The van der Waals surface area contributed by atoms with Gasteiger partial charge >= 0.3 is 0 Å². The molecule has 1 atom stereocenters. The average Bonchev–Trinajstić information content (AvgIpc) is 2.39. The first-order chi connectivity index (χ1) is 3.83. The summed E-state index contributed by atoms with van der Waals surface area (Å²) in [5, 5.41) is 0. The smallest absolute Gasteiger partial charge is 0.0710 e. The number of rotatable bonds is 0. The molecule has 2 fully saturated rings. The van der Waals surface area contributed by atoms with Gasteiger partial charge in [-0.2, -0.15) is 0 Å². The summed E-state index contributed by atoms with van der Waals surface area (Å²) in [7, 11) is 0. The van der Waals surface area contributed by atoms with Gasteiger partial charge in [-0.3, -0.25) is 0 Å². The first-order valence-corrected chi connectivity index (χ1v) is 3.47. The van der Waals surface area contributed by atoms with E-state index < -0.39 is 0 Å². The predicted octanol–water partition coefficient (Wildman–Crippen LogP) is 1.58. The van der Waals surface area contributed by atoms with Gasteiger partial charge in [0.25, 0.3) is 0 Å². The minimum atomic E-state index is 0.403. The first kappa shape index (κ1) is 4.80. The minimum absolute atomic E-state index is 0.403. The van der Waals surface area contributed by atoms with Gasteiger partial charge in [-0.05, 0) is 25.2 Å². The summed E-state index contributed by atoms with van der Waals surface area (Å²) in [4.78, 5) is 0. The molecule has 2 aliphatic rings. The summed E-state index contributed by atoms with van der Waals surface area (Å²) in [6.45, 7) is 3.32. The molecule has 0 aromatic heterocycles. The van der Waals surface area contributed by atoms with Gasteiger partial charge in [0.15, 0.2) is 0 Å². The molecule has 1 aliphatic carbocycles. The van der Waals surface area contributed by atoms with Crippen LogP contribution in [0.2, 0.25) is 0 Å². The van der Waals surface area contributed by atoms with Crippen LogP contribution in [0, 0.1) is 5.92 Å². The largest absolute Gasteiger partial charge is 0.375 e. The zero-order chi connectivity index (χ0) is 5.61. The number of hydrogen-bond donors (Lipinski definition) is 0. The fourth-order valence-electron chi connectivity index (χ4n) is 1.60. The second-order valence-corrected chi connectivity index (χ2v) is 3.10. The van der Waals surface area contributed by atoms with Crippen molar-refractivity contribution in [2.75, 3.05) is 6.61 Å². The first-order valence-electron chi connectivity index (χ1n) is 3.47. The monoisotopic (exact) mass is 112 g/mol. The molecular weight excluding hydrogens is 100 g/mol. The van der Waals surface area contributed by atoms with Crippen LogP contribution in [-0.2, 0) is 4.74 Å². The van der Waals surface area contributed by atoms with E-state index >= 15 is 0 Å². The maximum Gasteiger partial charge on any atom is 0.0710 e. The lowest BCUT2D eigenvalue weighted by Crippen LogP contribution is -2.13. The van der Waals surface area contributed by atoms with Crippen LogP contribution in [0.5, 0.6) is 0 Å². The van der Waals surface area contributed by atoms with E-state index in [0.717, 1.165) is 12.5 Å². The lowest BCUT2D eigenvalue weighted by Gasteiger charge is -2.09. The van der Waals surface area contributed by atoms with Crippen LogP contribution in [0.1, 0.15) is 26.2 Å². The van der Waals surface area contributed by atoms with E-state index in [1.54, 1.807) is 0 Å². The zero-order valence-electron chi connectivity index (χ0n) is 5.31. The Morgan fingerprint density at radius 1 is 1.50 bits per heavy atom. The molecule has 2 rings (SSSR count). The fourth-order valence-corrected chi connectivity index (χ4v) is 1.60. The molecule has 1 aliphatic heterocycles. The number of hydrogen-bond acceptors (Lipinski definition) is 1. The van der Waals surface area contributed by atoms with Gasteiger partial charge in [-0.25, -0.2) is 0 Å². The molecule has 0 radical (unpaired) electrons. The highest BCUT2D eigenvalue weighted by Gasteiger charge is 2.51. The summed E-state index contributed by atoms with van der Waals surface area (Å²) >= 11 is 0. The van der Waals surface area contributed by atoms with Crippen molar-refractivity contribution in [3.63, 3.8) is 0 Å².